The lowest BCUT2D eigenvalue weighted by molar-refractivity contribution is -0.173. The van der Waals surface area contributed by atoms with Crippen LogP contribution in [0.1, 0.15) is 52.4 Å². The van der Waals surface area contributed by atoms with Gasteiger partial charge in [-0.05, 0) is 37.5 Å². The molecular weight excluding hydrogens is 271 g/mol. The highest BCUT2D eigenvalue weighted by Gasteiger charge is 2.49. The van der Waals surface area contributed by atoms with Gasteiger partial charge in [0, 0.05) is 0 Å². The summed E-state index contributed by atoms with van der Waals surface area (Å²) in [6.45, 7) is 4.17. The van der Waals surface area contributed by atoms with E-state index >= 15 is 0 Å². The Balaban J connectivity index is 2.05. The Hall–Kier alpha value is 0.210. The maximum absolute atomic E-state index is 12.4. The maximum Gasteiger partial charge on any atom is 0.197 e. The highest BCUT2D eigenvalue weighted by atomic mass is 35.5. The van der Waals surface area contributed by atoms with Gasteiger partial charge >= 0.3 is 0 Å². The Labute approximate surface area is 119 Å². The number of Topliss-reactive ketones (excluding diaryl/α,β-unsaturated/α-hetero) is 1. The van der Waals surface area contributed by atoms with Crippen LogP contribution in [-0.2, 0) is 9.53 Å². The summed E-state index contributed by atoms with van der Waals surface area (Å²) in [5.74, 6) is 0.817. The largest absolute Gasteiger partial charge is 0.367 e. The van der Waals surface area contributed by atoms with Gasteiger partial charge in [-0.2, -0.15) is 0 Å². The van der Waals surface area contributed by atoms with Gasteiger partial charge in [0.25, 0.3) is 0 Å². The molecule has 3 aliphatic rings. The Morgan fingerprint density at radius 3 is 2.56 bits per heavy atom. The lowest BCUT2D eigenvalue weighted by atomic mass is 9.71. The van der Waals surface area contributed by atoms with Gasteiger partial charge in [0.1, 0.15) is 6.10 Å². The second-order valence-electron chi connectivity index (χ2n) is 5.66. The van der Waals surface area contributed by atoms with E-state index in [1.165, 1.54) is 0 Å². The second-order valence-corrected chi connectivity index (χ2v) is 7.14. The van der Waals surface area contributed by atoms with E-state index < -0.39 is 4.33 Å². The summed E-state index contributed by atoms with van der Waals surface area (Å²) in [5.41, 5.74) is 0. The van der Waals surface area contributed by atoms with Crippen LogP contribution < -0.4 is 0 Å². The van der Waals surface area contributed by atoms with Crippen LogP contribution in [0.2, 0.25) is 0 Å². The van der Waals surface area contributed by atoms with E-state index in [1.807, 2.05) is 6.92 Å². The number of hydrogen-bond donors (Lipinski definition) is 0. The number of carbonyl (C=O) groups excluding carboxylic acids is 1. The first-order chi connectivity index (χ1) is 8.49. The first kappa shape index (κ1) is 14.6. The number of fused-ring (bicyclic) bond motifs is 3. The van der Waals surface area contributed by atoms with Gasteiger partial charge < -0.3 is 4.74 Å². The average molecular weight is 293 g/mol. The lowest BCUT2D eigenvalue weighted by Crippen LogP contribution is -2.53. The van der Waals surface area contributed by atoms with Crippen molar-refractivity contribution in [1.29, 1.82) is 0 Å². The molecule has 3 rings (SSSR count). The van der Waals surface area contributed by atoms with Crippen molar-refractivity contribution in [1.82, 2.24) is 0 Å². The zero-order chi connectivity index (χ0) is 13.3. The minimum absolute atomic E-state index is 0.114. The standard InChI is InChI=1S/C14H22Cl2O2/c1-3-7-14(15,16)13(17)12-10-5-6-11(18-12)9(4-2)8-10/h9-12H,3-8H2,1-2H3. The van der Waals surface area contributed by atoms with Crippen molar-refractivity contribution in [3.05, 3.63) is 0 Å². The summed E-state index contributed by atoms with van der Waals surface area (Å²) in [7, 11) is 0. The Bertz CT molecular complexity index is 317. The first-order valence-electron chi connectivity index (χ1n) is 7.07. The molecule has 4 atom stereocenters. The van der Waals surface area contributed by atoms with Crippen molar-refractivity contribution >= 4 is 29.0 Å². The SMILES string of the molecule is CCCC(Cl)(Cl)C(=O)C1OC2CCC1CC2CC. The number of rotatable bonds is 5. The molecule has 0 spiro atoms. The molecule has 2 saturated heterocycles. The number of halogens is 2. The molecule has 4 unspecified atom stereocenters. The molecule has 0 aromatic carbocycles. The van der Waals surface area contributed by atoms with Gasteiger partial charge in [0.05, 0.1) is 6.10 Å². The predicted octanol–water partition coefficient (Wildman–Crippen LogP) is 4.12. The molecule has 2 bridgehead atoms. The third-order valence-corrected chi connectivity index (χ3v) is 5.16. The van der Waals surface area contributed by atoms with E-state index in [1.54, 1.807) is 0 Å². The molecule has 18 heavy (non-hydrogen) atoms. The Kier molecular flexibility index (Phi) is 4.61. The minimum atomic E-state index is -1.27. The van der Waals surface area contributed by atoms with Crippen molar-refractivity contribution < 1.29 is 9.53 Å². The average Bonchev–Trinajstić information content (AvgIpc) is 2.38. The van der Waals surface area contributed by atoms with E-state index in [9.17, 15) is 4.79 Å². The van der Waals surface area contributed by atoms with Crippen LogP contribution in [0, 0.1) is 11.8 Å². The van der Waals surface area contributed by atoms with Crippen molar-refractivity contribution in [2.24, 2.45) is 11.8 Å². The molecule has 0 aromatic heterocycles. The van der Waals surface area contributed by atoms with Crippen LogP contribution >= 0.6 is 23.2 Å². The molecule has 1 aliphatic carbocycles. The molecule has 4 heteroatoms. The molecular formula is C14H22Cl2O2. The summed E-state index contributed by atoms with van der Waals surface area (Å²) in [6, 6.07) is 0. The van der Waals surface area contributed by atoms with Gasteiger partial charge in [-0.15, -0.1) is 0 Å². The van der Waals surface area contributed by atoms with E-state index in [2.05, 4.69) is 6.92 Å². The minimum Gasteiger partial charge on any atom is -0.367 e. The molecule has 1 saturated carbocycles. The van der Waals surface area contributed by atoms with Crippen LogP contribution in [-0.4, -0.2) is 22.3 Å². The zero-order valence-electron chi connectivity index (χ0n) is 11.1. The number of carbonyl (C=O) groups is 1. The molecule has 0 N–H and O–H groups in total. The van der Waals surface area contributed by atoms with Crippen molar-refractivity contribution in [3.8, 4) is 0 Å². The van der Waals surface area contributed by atoms with E-state index in [0.29, 0.717) is 18.3 Å². The molecule has 2 aliphatic heterocycles. The molecule has 0 amide bonds. The summed E-state index contributed by atoms with van der Waals surface area (Å²) in [4.78, 5) is 12.4. The fraction of sp³-hybridized carbons (Fsp3) is 0.929. The molecule has 2 heterocycles. The van der Waals surface area contributed by atoms with E-state index in [4.69, 9.17) is 27.9 Å². The second kappa shape index (κ2) is 5.68. The van der Waals surface area contributed by atoms with Gasteiger partial charge in [-0.25, -0.2) is 0 Å². The summed E-state index contributed by atoms with van der Waals surface area (Å²) >= 11 is 12.3. The molecule has 0 radical (unpaired) electrons. The van der Waals surface area contributed by atoms with Gasteiger partial charge in [0.2, 0.25) is 0 Å². The van der Waals surface area contributed by atoms with Crippen molar-refractivity contribution in [2.45, 2.75) is 68.9 Å². The van der Waals surface area contributed by atoms with Crippen LogP contribution in [0.3, 0.4) is 0 Å². The van der Waals surface area contributed by atoms with E-state index in [0.717, 1.165) is 32.1 Å². The third-order valence-electron chi connectivity index (χ3n) is 4.41. The highest BCUT2D eigenvalue weighted by molar-refractivity contribution is 6.58. The fourth-order valence-corrected chi connectivity index (χ4v) is 3.97. The number of ether oxygens (including phenoxy) is 1. The number of hydrogen-bond acceptors (Lipinski definition) is 2. The number of alkyl halides is 2. The van der Waals surface area contributed by atoms with Crippen LogP contribution in [0.25, 0.3) is 0 Å². The van der Waals surface area contributed by atoms with Gasteiger partial charge in [-0.1, -0.05) is 49.9 Å². The lowest BCUT2D eigenvalue weighted by Gasteiger charge is -2.47. The Morgan fingerprint density at radius 1 is 1.33 bits per heavy atom. The fourth-order valence-electron chi connectivity index (χ4n) is 3.38. The maximum atomic E-state index is 12.4. The first-order valence-corrected chi connectivity index (χ1v) is 7.82. The van der Waals surface area contributed by atoms with E-state index in [-0.39, 0.29) is 18.0 Å². The zero-order valence-corrected chi connectivity index (χ0v) is 12.6. The monoisotopic (exact) mass is 292 g/mol. The van der Waals surface area contributed by atoms with Crippen LogP contribution in [0.5, 0.6) is 0 Å². The smallest absolute Gasteiger partial charge is 0.197 e. The predicted molar refractivity (Wildman–Crippen MR) is 74.1 cm³/mol. The van der Waals surface area contributed by atoms with Gasteiger partial charge in [-0.3, -0.25) is 4.79 Å². The quantitative estimate of drug-likeness (QED) is 0.713. The van der Waals surface area contributed by atoms with Gasteiger partial charge in [0.15, 0.2) is 10.1 Å². The third kappa shape index (κ3) is 2.71. The summed E-state index contributed by atoms with van der Waals surface area (Å²) < 4.78 is 4.70. The summed E-state index contributed by atoms with van der Waals surface area (Å²) in [5, 5.41) is 0. The molecule has 3 fully saturated rings. The van der Waals surface area contributed by atoms with Crippen LogP contribution in [0.15, 0.2) is 0 Å². The van der Waals surface area contributed by atoms with Crippen molar-refractivity contribution in [3.63, 3.8) is 0 Å². The highest BCUT2D eigenvalue weighted by Crippen LogP contribution is 2.45. The number of ketones is 1. The topological polar surface area (TPSA) is 26.3 Å². The normalized spacial score (nSPS) is 35.8. The molecule has 0 aromatic rings. The van der Waals surface area contributed by atoms with Crippen LogP contribution in [0.4, 0.5) is 0 Å². The molecule has 104 valence electrons. The molecule has 2 nitrogen and oxygen atoms in total. The summed E-state index contributed by atoms with van der Waals surface area (Å²) in [6.07, 6.45) is 5.55. The van der Waals surface area contributed by atoms with Crippen molar-refractivity contribution in [2.75, 3.05) is 0 Å². The Morgan fingerprint density at radius 2 is 2.06 bits per heavy atom.